The number of hydrogen-bond acceptors (Lipinski definition) is 4. The quantitative estimate of drug-likeness (QED) is 0.646. The van der Waals surface area contributed by atoms with Crippen molar-refractivity contribution in [1.29, 1.82) is 0 Å². The van der Waals surface area contributed by atoms with E-state index in [1.165, 1.54) is 9.69 Å². The van der Waals surface area contributed by atoms with Gasteiger partial charge in [-0.25, -0.2) is 8.42 Å². The number of sulfonamides is 1. The van der Waals surface area contributed by atoms with Gasteiger partial charge in [-0.2, -0.15) is 4.31 Å². The Morgan fingerprint density at radius 2 is 1.65 bits per heavy atom. The Labute approximate surface area is 183 Å². The average Bonchev–Trinajstić information content (AvgIpc) is 3.61. The summed E-state index contributed by atoms with van der Waals surface area (Å²) in [5, 5.41) is 5.51. The molecule has 31 heavy (non-hydrogen) atoms. The molecule has 3 aromatic carbocycles. The smallest absolute Gasteiger partial charge is 0.243 e. The molecule has 0 spiro atoms. The van der Waals surface area contributed by atoms with Crippen LogP contribution in [0.5, 0.6) is 0 Å². The standard InChI is InChI=1S/C25H26N2O3S/c28-25(16-18-5-6-19-3-1-2-4-21(19)15-18)24-17-23(24)20-7-9-22(10-8-20)31(29,30)27-13-11-26-12-14-27/h1-10,15,23-24,26H,11-14,16-17H2/t23?,24-/m1/s1. The van der Waals surface area contributed by atoms with Crippen LogP contribution in [0.4, 0.5) is 0 Å². The molecule has 0 bridgehead atoms. The van der Waals surface area contributed by atoms with Crippen molar-refractivity contribution in [3.63, 3.8) is 0 Å². The van der Waals surface area contributed by atoms with Crippen molar-refractivity contribution in [2.75, 3.05) is 26.2 Å². The first kappa shape index (κ1) is 20.4. The van der Waals surface area contributed by atoms with Crippen LogP contribution in [-0.4, -0.2) is 44.7 Å². The third kappa shape index (κ3) is 4.15. The molecule has 2 atom stereocenters. The van der Waals surface area contributed by atoms with Gasteiger partial charge in [0.15, 0.2) is 0 Å². The van der Waals surface area contributed by atoms with Crippen molar-refractivity contribution >= 4 is 26.6 Å². The van der Waals surface area contributed by atoms with E-state index in [1.54, 1.807) is 12.1 Å². The molecule has 1 heterocycles. The Bertz CT molecular complexity index is 1220. The molecule has 6 heteroatoms. The zero-order valence-corrected chi connectivity index (χ0v) is 18.1. The number of carbonyl (C=O) groups is 1. The molecular weight excluding hydrogens is 408 g/mol. The molecule has 1 aliphatic carbocycles. The minimum atomic E-state index is -3.45. The van der Waals surface area contributed by atoms with Crippen molar-refractivity contribution in [2.24, 2.45) is 5.92 Å². The van der Waals surface area contributed by atoms with E-state index in [1.807, 2.05) is 30.3 Å². The molecular formula is C25H26N2O3S. The van der Waals surface area contributed by atoms with E-state index in [9.17, 15) is 13.2 Å². The predicted molar refractivity (Wildman–Crippen MR) is 122 cm³/mol. The Morgan fingerprint density at radius 3 is 2.39 bits per heavy atom. The summed E-state index contributed by atoms with van der Waals surface area (Å²) in [6, 6.07) is 21.5. The molecule has 5 rings (SSSR count). The second kappa shape index (κ2) is 8.19. The van der Waals surface area contributed by atoms with E-state index >= 15 is 0 Å². The topological polar surface area (TPSA) is 66.5 Å². The lowest BCUT2D eigenvalue weighted by atomic mass is 10.00. The van der Waals surface area contributed by atoms with Gasteiger partial charge in [-0.05, 0) is 46.4 Å². The van der Waals surface area contributed by atoms with E-state index < -0.39 is 10.0 Å². The van der Waals surface area contributed by atoms with Crippen LogP contribution in [0.25, 0.3) is 10.8 Å². The van der Waals surface area contributed by atoms with Crippen LogP contribution in [-0.2, 0) is 21.2 Å². The molecule has 1 unspecified atom stereocenters. The minimum absolute atomic E-state index is 0.0297. The number of Topliss-reactive ketones (excluding diaryl/α,β-unsaturated/α-hetero) is 1. The molecule has 2 fully saturated rings. The second-order valence-electron chi connectivity index (χ2n) is 8.50. The summed E-state index contributed by atoms with van der Waals surface area (Å²) >= 11 is 0. The van der Waals surface area contributed by atoms with Gasteiger partial charge in [0.25, 0.3) is 0 Å². The molecule has 0 aromatic heterocycles. The van der Waals surface area contributed by atoms with Gasteiger partial charge >= 0.3 is 0 Å². The number of rotatable bonds is 6. The van der Waals surface area contributed by atoms with Crippen LogP contribution in [0.3, 0.4) is 0 Å². The molecule has 5 nitrogen and oxygen atoms in total. The van der Waals surface area contributed by atoms with Gasteiger partial charge in [0, 0.05) is 38.5 Å². The fraction of sp³-hybridized carbons (Fsp3) is 0.320. The number of benzene rings is 3. The maximum Gasteiger partial charge on any atom is 0.243 e. The van der Waals surface area contributed by atoms with Gasteiger partial charge in [0.2, 0.25) is 10.0 Å². The highest BCUT2D eigenvalue weighted by Crippen LogP contribution is 2.48. The molecule has 1 saturated heterocycles. The third-order valence-electron chi connectivity index (χ3n) is 6.42. The Kier molecular flexibility index (Phi) is 5.38. The van der Waals surface area contributed by atoms with Crippen LogP contribution < -0.4 is 5.32 Å². The lowest BCUT2D eigenvalue weighted by molar-refractivity contribution is -0.119. The number of fused-ring (bicyclic) bond motifs is 1. The van der Waals surface area contributed by atoms with E-state index in [0.717, 1.165) is 22.9 Å². The Morgan fingerprint density at radius 1 is 0.935 bits per heavy atom. The molecule has 160 valence electrons. The van der Waals surface area contributed by atoms with Crippen LogP contribution in [0.15, 0.2) is 71.6 Å². The first-order valence-corrected chi connectivity index (χ1v) is 12.3. The van der Waals surface area contributed by atoms with E-state index in [0.29, 0.717) is 37.5 Å². The van der Waals surface area contributed by atoms with Crippen molar-refractivity contribution in [3.8, 4) is 0 Å². The monoisotopic (exact) mass is 434 g/mol. The molecule has 3 aromatic rings. The number of carbonyl (C=O) groups excluding carboxylic acids is 1. The first-order chi connectivity index (χ1) is 15.0. The number of hydrogen-bond donors (Lipinski definition) is 1. The summed E-state index contributed by atoms with van der Waals surface area (Å²) < 4.78 is 27.1. The number of piperazine rings is 1. The van der Waals surface area contributed by atoms with Crippen molar-refractivity contribution in [1.82, 2.24) is 9.62 Å². The van der Waals surface area contributed by atoms with Crippen molar-refractivity contribution in [2.45, 2.75) is 23.7 Å². The highest BCUT2D eigenvalue weighted by Gasteiger charge is 2.43. The van der Waals surface area contributed by atoms with Crippen molar-refractivity contribution < 1.29 is 13.2 Å². The molecule has 0 amide bonds. The van der Waals surface area contributed by atoms with E-state index in [2.05, 4.69) is 29.6 Å². The first-order valence-electron chi connectivity index (χ1n) is 10.8. The summed E-state index contributed by atoms with van der Waals surface area (Å²) in [6.07, 6.45) is 1.29. The third-order valence-corrected chi connectivity index (χ3v) is 8.33. The van der Waals surface area contributed by atoms with Crippen LogP contribution in [0.2, 0.25) is 0 Å². The normalized spacial score (nSPS) is 21.8. The van der Waals surface area contributed by atoms with Gasteiger partial charge in [0.05, 0.1) is 4.90 Å². The zero-order chi connectivity index (χ0) is 21.4. The Balaban J connectivity index is 1.24. The maximum absolute atomic E-state index is 12.8. The predicted octanol–water partition coefficient (Wildman–Crippen LogP) is 3.35. The number of nitrogens with zero attached hydrogens (tertiary/aromatic N) is 1. The number of ketones is 1. The molecule has 1 N–H and O–H groups in total. The van der Waals surface area contributed by atoms with Gasteiger partial charge in [-0.1, -0.05) is 54.6 Å². The highest BCUT2D eigenvalue weighted by atomic mass is 32.2. The summed E-state index contributed by atoms with van der Waals surface area (Å²) in [6.45, 7) is 2.36. The maximum atomic E-state index is 12.8. The summed E-state index contributed by atoms with van der Waals surface area (Å²) in [4.78, 5) is 13.2. The van der Waals surface area contributed by atoms with E-state index in [-0.39, 0.29) is 17.6 Å². The average molecular weight is 435 g/mol. The van der Waals surface area contributed by atoms with Gasteiger partial charge in [0.1, 0.15) is 5.78 Å². The molecule has 0 radical (unpaired) electrons. The van der Waals surface area contributed by atoms with Gasteiger partial charge in [-0.3, -0.25) is 4.79 Å². The largest absolute Gasteiger partial charge is 0.314 e. The van der Waals surface area contributed by atoms with Gasteiger partial charge in [-0.15, -0.1) is 0 Å². The highest BCUT2D eigenvalue weighted by molar-refractivity contribution is 7.89. The molecule has 1 aliphatic heterocycles. The summed E-state index contributed by atoms with van der Waals surface area (Å²) in [7, 11) is -3.45. The lowest BCUT2D eigenvalue weighted by Gasteiger charge is -2.26. The number of nitrogens with one attached hydrogen (secondary N) is 1. The van der Waals surface area contributed by atoms with Crippen LogP contribution >= 0.6 is 0 Å². The zero-order valence-electron chi connectivity index (χ0n) is 17.3. The Hall–Kier alpha value is -2.54. The lowest BCUT2D eigenvalue weighted by Crippen LogP contribution is -2.46. The second-order valence-corrected chi connectivity index (χ2v) is 10.4. The van der Waals surface area contributed by atoms with Crippen LogP contribution in [0, 0.1) is 5.92 Å². The molecule has 2 aliphatic rings. The SMILES string of the molecule is O=C(Cc1ccc2ccccc2c1)[C@@H]1CC1c1ccc(S(=O)(=O)N2CCNCC2)cc1. The fourth-order valence-electron chi connectivity index (χ4n) is 4.52. The summed E-state index contributed by atoms with van der Waals surface area (Å²) in [5.74, 6) is 0.490. The summed E-state index contributed by atoms with van der Waals surface area (Å²) in [5.41, 5.74) is 2.10. The minimum Gasteiger partial charge on any atom is -0.314 e. The van der Waals surface area contributed by atoms with Gasteiger partial charge < -0.3 is 5.32 Å². The molecule has 1 saturated carbocycles. The fourth-order valence-corrected chi connectivity index (χ4v) is 5.96. The van der Waals surface area contributed by atoms with Crippen molar-refractivity contribution in [3.05, 3.63) is 77.9 Å². The van der Waals surface area contributed by atoms with Crippen LogP contribution in [0.1, 0.15) is 23.5 Å². The van der Waals surface area contributed by atoms with E-state index in [4.69, 9.17) is 0 Å².